The van der Waals surface area contributed by atoms with Gasteiger partial charge in [-0.1, -0.05) is 50.6 Å². The minimum Gasteiger partial charge on any atom is -0.354 e. The molecule has 1 aromatic heterocycles. The molecule has 1 saturated heterocycles. The zero-order chi connectivity index (χ0) is 21.7. The molecule has 1 aromatic carbocycles. The minimum absolute atomic E-state index is 0.278. The fourth-order valence-electron chi connectivity index (χ4n) is 4.14. The van der Waals surface area contributed by atoms with Crippen LogP contribution in [0.25, 0.3) is 0 Å². The van der Waals surface area contributed by atoms with Crippen LogP contribution in [0.4, 0.5) is 5.82 Å². The predicted octanol–water partition coefficient (Wildman–Crippen LogP) is 4.33. The molecule has 5 nitrogen and oxygen atoms in total. The normalized spacial score (nSPS) is 14.9. The van der Waals surface area contributed by atoms with E-state index in [0.717, 1.165) is 62.8 Å². The van der Waals surface area contributed by atoms with E-state index in [1.807, 2.05) is 11.8 Å². The molecule has 0 N–H and O–H groups in total. The highest BCUT2D eigenvalue weighted by atomic mass is 16.2. The molecule has 2 heterocycles. The lowest BCUT2D eigenvalue weighted by atomic mass is 10.0. The van der Waals surface area contributed by atoms with E-state index in [2.05, 4.69) is 56.9 Å². The van der Waals surface area contributed by atoms with Gasteiger partial charge in [0.05, 0.1) is 0 Å². The molecule has 0 saturated carbocycles. The Bertz CT molecular complexity index is 860. The van der Waals surface area contributed by atoms with Gasteiger partial charge in [-0.15, -0.1) is 0 Å². The number of amides is 1. The molecule has 0 unspecified atom stereocenters. The van der Waals surface area contributed by atoms with Gasteiger partial charge in [0.1, 0.15) is 11.6 Å². The van der Waals surface area contributed by atoms with Crippen molar-refractivity contribution >= 4 is 11.7 Å². The first kappa shape index (κ1) is 22.3. The summed E-state index contributed by atoms with van der Waals surface area (Å²) in [4.78, 5) is 26.6. The summed E-state index contributed by atoms with van der Waals surface area (Å²) < 4.78 is 0. The molecule has 3 rings (SSSR count). The number of hydrogen-bond donors (Lipinski definition) is 0. The van der Waals surface area contributed by atoms with Crippen LogP contribution in [-0.4, -0.2) is 47.0 Å². The van der Waals surface area contributed by atoms with Gasteiger partial charge in [-0.2, -0.15) is 0 Å². The van der Waals surface area contributed by atoms with Gasteiger partial charge in [0.2, 0.25) is 5.91 Å². The summed E-state index contributed by atoms with van der Waals surface area (Å²) in [5.41, 5.74) is 4.92. The molecule has 0 bridgehead atoms. The summed E-state index contributed by atoms with van der Waals surface area (Å²) in [6.07, 6.45) is 3.33. The number of carbonyl (C=O) groups is 1. The van der Waals surface area contributed by atoms with Gasteiger partial charge in [0, 0.05) is 50.3 Å². The highest BCUT2D eigenvalue weighted by Crippen LogP contribution is 2.26. The van der Waals surface area contributed by atoms with Crippen LogP contribution in [0.1, 0.15) is 61.8 Å². The zero-order valence-corrected chi connectivity index (χ0v) is 19.2. The number of carbonyl (C=O) groups excluding carboxylic acids is 1. The van der Waals surface area contributed by atoms with Gasteiger partial charge in [0.25, 0.3) is 0 Å². The largest absolute Gasteiger partial charge is 0.354 e. The maximum Gasteiger partial charge on any atom is 0.222 e. The molecule has 0 radical (unpaired) electrons. The average Bonchev–Trinajstić information content (AvgIpc) is 2.96. The van der Waals surface area contributed by atoms with Crippen molar-refractivity contribution in [3.05, 3.63) is 52.5 Å². The summed E-state index contributed by atoms with van der Waals surface area (Å²) in [5, 5.41) is 0. The standard InChI is InChI=1S/C25H36N4O/c1-6-23-22(17-21-10-8-19(4)9-11-21)25(27-20(5)26-23)29-13-7-12-28(14-15-29)24(30)16-18(2)3/h8-11,18H,6-7,12-17H2,1-5H3. The van der Waals surface area contributed by atoms with Crippen LogP contribution >= 0.6 is 0 Å². The van der Waals surface area contributed by atoms with E-state index in [4.69, 9.17) is 9.97 Å². The van der Waals surface area contributed by atoms with Crippen LogP contribution in [-0.2, 0) is 17.6 Å². The lowest BCUT2D eigenvalue weighted by Crippen LogP contribution is -2.36. The predicted molar refractivity (Wildman–Crippen MR) is 123 cm³/mol. The van der Waals surface area contributed by atoms with Gasteiger partial charge in [-0.05, 0) is 38.2 Å². The van der Waals surface area contributed by atoms with Crippen LogP contribution in [0.15, 0.2) is 24.3 Å². The first-order chi connectivity index (χ1) is 14.4. The maximum absolute atomic E-state index is 12.6. The molecule has 1 fully saturated rings. The number of nitrogens with zero attached hydrogens (tertiary/aromatic N) is 4. The van der Waals surface area contributed by atoms with Gasteiger partial charge in [-0.25, -0.2) is 9.97 Å². The number of anilines is 1. The second-order valence-electron chi connectivity index (χ2n) is 8.85. The summed E-state index contributed by atoms with van der Waals surface area (Å²) in [5.74, 6) is 2.55. The summed E-state index contributed by atoms with van der Waals surface area (Å²) in [7, 11) is 0. The third kappa shape index (κ3) is 5.59. The van der Waals surface area contributed by atoms with Crippen molar-refractivity contribution in [3.63, 3.8) is 0 Å². The van der Waals surface area contributed by atoms with E-state index in [9.17, 15) is 4.79 Å². The second-order valence-corrected chi connectivity index (χ2v) is 8.85. The van der Waals surface area contributed by atoms with Gasteiger partial charge >= 0.3 is 0 Å². The lowest BCUT2D eigenvalue weighted by Gasteiger charge is -2.26. The van der Waals surface area contributed by atoms with Crippen molar-refractivity contribution in [2.75, 3.05) is 31.1 Å². The quantitative estimate of drug-likeness (QED) is 0.714. The fraction of sp³-hybridized carbons (Fsp3) is 0.560. The Balaban J connectivity index is 1.86. The van der Waals surface area contributed by atoms with Gasteiger partial charge < -0.3 is 9.80 Å². The Labute approximate surface area is 181 Å². The van der Waals surface area contributed by atoms with E-state index in [-0.39, 0.29) is 5.91 Å². The minimum atomic E-state index is 0.278. The van der Waals surface area contributed by atoms with Crippen molar-refractivity contribution in [2.24, 2.45) is 5.92 Å². The molecule has 30 heavy (non-hydrogen) atoms. The molecule has 0 aliphatic carbocycles. The van der Waals surface area contributed by atoms with Crippen LogP contribution < -0.4 is 4.90 Å². The maximum atomic E-state index is 12.6. The number of benzene rings is 1. The number of aromatic nitrogens is 2. The first-order valence-corrected chi connectivity index (χ1v) is 11.3. The molecule has 162 valence electrons. The second kappa shape index (κ2) is 10.1. The number of rotatable bonds is 6. The SMILES string of the molecule is CCc1nc(C)nc(N2CCCN(C(=O)CC(C)C)CC2)c1Cc1ccc(C)cc1. The number of hydrogen-bond acceptors (Lipinski definition) is 4. The number of aryl methyl sites for hydroxylation is 3. The van der Waals surface area contributed by atoms with E-state index in [0.29, 0.717) is 12.3 Å². The Hall–Kier alpha value is -2.43. The van der Waals surface area contributed by atoms with E-state index in [1.165, 1.54) is 16.7 Å². The topological polar surface area (TPSA) is 49.3 Å². The molecule has 0 spiro atoms. The molecular weight excluding hydrogens is 372 g/mol. The first-order valence-electron chi connectivity index (χ1n) is 11.3. The summed E-state index contributed by atoms with van der Waals surface area (Å²) in [6.45, 7) is 13.8. The highest BCUT2D eigenvalue weighted by Gasteiger charge is 2.23. The van der Waals surface area contributed by atoms with Gasteiger partial charge in [-0.3, -0.25) is 4.79 Å². The van der Waals surface area contributed by atoms with Crippen molar-refractivity contribution < 1.29 is 4.79 Å². The van der Waals surface area contributed by atoms with E-state index < -0.39 is 0 Å². The van der Waals surface area contributed by atoms with Crippen LogP contribution in [0.5, 0.6) is 0 Å². The zero-order valence-electron chi connectivity index (χ0n) is 19.2. The third-order valence-electron chi connectivity index (χ3n) is 5.75. The highest BCUT2D eigenvalue weighted by molar-refractivity contribution is 5.76. The molecule has 1 amide bonds. The summed E-state index contributed by atoms with van der Waals surface area (Å²) in [6, 6.07) is 8.74. The van der Waals surface area contributed by atoms with E-state index in [1.54, 1.807) is 0 Å². The van der Waals surface area contributed by atoms with Crippen molar-refractivity contribution in [3.8, 4) is 0 Å². The third-order valence-corrected chi connectivity index (χ3v) is 5.75. The van der Waals surface area contributed by atoms with Crippen LogP contribution in [0.2, 0.25) is 0 Å². The Morgan fingerprint density at radius 1 is 1.03 bits per heavy atom. The van der Waals surface area contributed by atoms with Crippen LogP contribution in [0.3, 0.4) is 0 Å². The Kier molecular flexibility index (Phi) is 7.46. The lowest BCUT2D eigenvalue weighted by molar-refractivity contribution is -0.131. The molecule has 5 heteroatoms. The van der Waals surface area contributed by atoms with Crippen LogP contribution in [0, 0.1) is 19.8 Å². The van der Waals surface area contributed by atoms with Crippen molar-refractivity contribution in [2.45, 2.75) is 60.3 Å². The summed E-state index contributed by atoms with van der Waals surface area (Å²) >= 11 is 0. The molecular formula is C25H36N4O. The molecule has 1 aliphatic rings. The molecule has 0 atom stereocenters. The van der Waals surface area contributed by atoms with Crippen molar-refractivity contribution in [1.29, 1.82) is 0 Å². The fourth-order valence-corrected chi connectivity index (χ4v) is 4.14. The molecule has 1 aliphatic heterocycles. The Morgan fingerprint density at radius 2 is 1.77 bits per heavy atom. The monoisotopic (exact) mass is 408 g/mol. The smallest absolute Gasteiger partial charge is 0.222 e. The Morgan fingerprint density at radius 3 is 2.43 bits per heavy atom. The average molecular weight is 409 g/mol. The van der Waals surface area contributed by atoms with Crippen molar-refractivity contribution in [1.82, 2.24) is 14.9 Å². The van der Waals surface area contributed by atoms with Gasteiger partial charge in [0.15, 0.2) is 0 Å². The molecule has 2 aromatic rings. The van der Waals surface area contributed by atoms with E-state index >= 15 is 0 Å².